The molecule has 0 spiro atoms. The van der Waals surface area contributed by atoms with E-state index in [2.05, 4.69) is 22.9 Å². The fourth-order valence-corrected chi connectivity index (χ4v) is 1.77. The molecule has 1 rings (SSSR count). The number of rotatable bonds is 3. The van der Waals surface area contributed by atoms with Crippen molar-refractivity contribution >= 4 is 15.9 Å². The van der Waals surface area contributed by atoms with Crippen molar-refractivity contribution in [1.29, 1.82) is 0 Å². The van der Waals surface area contributed by atoms with Crippen LogP contribution < -0.4 is 9.47 Å². The summed E-state index contributed by atoms with van der Waals surface area (Å²) in [5.74, 6) is 1.54. The first-order chi connectivity index (χ1) is 6.22. The van der Waals surface area contributed by atoms with E-state index in [1.165, 1.54) is 5.56 Å². The molecule has 0 fully saturated rings. The number of ether oxygens (including phenoxy) is 2. The normalized spacial score (nSPS) is 9.85. The quantitative estimate of drug-likeness (QED) is 0.814. The van der Waals surface area contributed by atoms with E-state index in [-0.39, 0.29) is 0 Å². The highest BCUT2D eigenvalue weighted by molar-refractivity contribution is 9.10. The summed E-state index contributed by atoms with van der Waals surface area (Å²) in [5, 5.41) is 0. The van der Waals surface area contributed by atoms with Gasteiger partial charge in [0.1, 0.15) is 0 Å². The average molecular weight is 245 g/mol. The van der Waals surface area contributed by atoms with Gasteiger partial charge >= 0.3 is 0 Å². The maximum Gasteiger partial charge on any atom is 0.161 e. The van der Waals surface area contributed by atoms with E-state index < -0.39 is 0 Å². The van der Waals surface area contributed by atoms with E-state index in [1.54, 1.807) is 14.2 Å². The lowest BCUT2D eigenvalue weighted by Gasteiger charge is -2.10. The number of aryl methyl sites for hydroxylation is 1. The number of benzene rings is 1. The van der Waals surface area contributed by atoms with E-state index in [4.69, 9.17) is 9.47 Å². The second-order valence-corrected chi connectivity index (χ2v) is 3.51. The van der Waals surface area contributed by atoms with Crippen molar-refractivity contribution in [2.24, 2.45) is 0 Å². The summed E-state index contributed by atoms with van der Waals surface area (Å²) in [6.07, 6.45) is 0.973. The minimum atomic E-state index is 0.756. The summed E-state index contributed by atoms with van der Waals surface area (Å²) in [4.78, 5) is 0. The van der Waals surface area contributed by atoms with Gasteiger partial charge in [0, 0.05) is 4.47 Å². The van der Waals surface area contributed by atoms with Gasteiger partial charge in [0.2, 0.25) is 0 Å². The number of hydrogen-bond acceptors (Lipinski definition) is 2. The lowest BCUT2D eigenvalue weighted by Crippen LogP contribution is -1.93. The smallest absolute Gasteiger partial charge is 0.161 e. The van der Waals surface area contributed by atoms with Crippen LogP contribution in [0.25, 0.3) is 0 Å². The highest BCUT2D eigenvalue weighted by Crippen LogP contribution is 2.33. The molecule has 0 aliphatic rings. The van der Waals surface area contributed by atoms with Crippen LogP contribution in [-0.2, 0) is 6.42 Å². The van der Waals surface area contributed by atoms with Gasteiger partial charge < -0.3 is 9.47 Å². The van der Waals surface area contributed by atoms with Crippen LogP contribution >= 0.6 is 15.9 Å². The van der Waals surface area contributed by atoms with Gasteiger partial charge in [0.25, 0.3) is 0 Å². The Kier molecular flexibility index (Phi) is 3.60. The molecule has 0 bridgehead atoms. The molecule has 1 aromatic rings. The molecule has 1 aromatic carbocycles. The minimum Gasteiger partial charge on any atom is -0.493 e. The first-order valence-corrected chi connectivity index (χ1v) is 4.92. The topological polar surface area (TPSA) is 18.5 Å². The third-order valence-corrected chi connectivity index (χ3v) is 2.67. The Bertz CT molecular complexity index is 297. The van der Waals surface area contributed by atoms with Crippen molar-refractivity contribution in [2.45, 2.75) is 13.3 Å². The molecule has 2 nitrogen and oxygen atoms in total. The Morgan fingerprint density at radius 1 is 1.15 bits per heavy atom. The molecule has 0 amide bonds. The summed E-state index contributed by atoms with van der Waals surface area (Å²) >= 11 is 3.48. The summed E-state index contributed by atoms with van der Waals surface area (Å²) in [7, 11) is 3.28. The van der Waals surface area contributed by atoms with Gasteiger partial charge in [0.15, 0.2) is 11.5 Å². The third kappa shape index (κ3) is 2.15. The lowest BCUT2D eigenvalue weighted by atomic mass is 10.1. The first-order valence-electron chi connectivity index (χ1n) is 4.13. The largest absolute Gasteiger partial charge is 0.493 e. The predicted octanol–water partition coefficient (Wildman–Crippen LogP) is 3.03. The summed E-state index contributed by atoms with van der Waals surface area (Å²) < 4.78 is 11.4. The Balaban J connectivity index is 3.18. The van der Waals surface area contributed by atoms with E-state index in [1.807, 2.05) is 12.1 Å². The molecule has 0 radical (unpaired) electrons. The van der Waals surface area contributed by atoms with Crippen LogP contribution in [-0.4, -0.2) is 14.2 Å². The molecule has 0 saturated carbocycles. The fourth-order valence-electron chi connectivity index (χ4n) is 1.17. The first kappa shape index (κ1) is 10.4. The standard InChI is InChI=1S/C10H13BrO2/c1-4-7-5-9(12-2)10(13-3)6-8(7)11/h5-6H,4H2,1-3H3. The predicted molar refractivity (Wildman–Crippen MR) is 56.6 cm³/mol. The molecule has 0 aliphatic heterocycles. The zero-order valence-electron chi connectivity index (χ0n) is 8.06. The Hall–Kier alpha value is -0.700. The molecular weight excluding hydrogens is 232 g/mol. The Labute approximate surface area is 87.0 Å². The number of halogens is 1. The number of methoxy groups -OCH3 is 2. The Morgan fingerprint density at radius 3 is 2.15 bits per heavy atom. The van der Waals surface area contributed by atoms with Gasteiger partial charge in [-0.15, -0.1) is 0 Å². The molecule has 13 heavy (non-hydrogen) atoms. The molecular formula is C10H13BrO2. The van der Waals surface area contributed by atoms with Crippen LogP contribution in [0.15, 0.2) is 16.6 Å². The minimum absolute atomic E-state index is 0.756. The van der Waals surface area contributed by atoms with Gasteiger partial charge in [-0.3, -0.25) is 0 Å². The van der Waals surface area contributed by atoms with E-state index in [0.717, 1.165) is 22.4 Å². The summed E-state index contributed by atoms with van der Waals surface area (Å²) in [6, 6.07) is 3.92. The zero-order chi connectivity index (χ0) is 9.84. The van der Waals surface area contributed by atoms with Gasteiger partial charge in [-0.05, 0) is 24.1 Å². The second kappa shape index (κ2) is 4.51. The van der Waals surface area contributed by atoms with Crippen molar-refractivity contribution in [3.05, 3.63) is 22.2 Å². The monoisotopic (exact) mass is 244 g/mol. The highest BCUT2D eigenvalue weighted by Gasteiger charge is 2.07. The van der Waals surface area contributed by atoms with Crippen molar-refractivity contribution in [3.8, 4) is 11.5 Å². The van der Waals surface area contributed by atoms with Crippen molar-refractivity contribution in [1.82, 2.24) is 0 Å². The maximum atomic E-state index is 5.19. The molecule has 0 unspecified atom stereocenters. The van der Waals surface area contributed by atoms with Crippen molar-refractivity contribution < 1.29 is 9.47 Å². The van der Waals surface area contributed by atoms with E-state index >= 15 is 0 Å². The molecule has 0 saturated heterocycles. The van der Waals surface area contributed by atoms with Gasteiger partial charge in [-0.1, -0.05) is 22.9 Å². The summed E-state index contributed by atoms with van der Waals surface area (Å²) in [5.41, 5.74) is 1.22. The lowest BCUT2D eigenvalue weighted by molar-refractivity contribution is 0.354. The number of hydrogen-bond donors (Lipinski definition) is 0. The van der Waals surface area contributed by atoms with E-state index in [9.17, 15) is 0 Å². The van der Waals surface area contributed by atoms with Gasteiger partial charge in [0.05, 0.1) is 14.2 Å². The van der Waals surface area contributed by atoms with Crippen LogP contribution in [0, 0.1) is 0 Å². The van der Waals surface area contributed by atoms with Crippen molar-refractivity contribution in [3.63, 3.8) is 0 Å². The van der Waals surface area contributed by atoms with Crippen LogP contribution in [0.5, 0.6) is 11.5 Å². The SMILES string of the molecule is CCc1cc(OC)c(OC)cc1Br. The van der Waals surface area contributed by atoms with Crippen LogP contribution in [0.3, 0.4) is 0 Å². The molecule has 0 aromatic heterocycles. The highest BCUT2D eigenvalue weighted by atomic mass is 79.9. The molecule has 0 atom stereocenters. The van der Waals surface area contributed by atoms with Crippen LogP contribution in [0.2, 0.25) is 0 Å². The van der Waals surface area contributed by atoms with E-state index in [0.29, 0.717) is 0 Å². The maximum absolute atomic E-state index is 5.19. The molecule has 3 heteroatoms. The Morgan fingerprint density at radius 2 is 1.69 bits per heavy atom. The van der Waals surface area contributed by atoms with Crippen LogP contribution in [0.4, 0.5) is 0 Å². The van der Waals surface area contributed by atoms with Crippen molar-refractivity contribution in [2.75, 3.05) is 14.2 Å². The average Bonchev–Trinajstić information content (AvgIpc) is 2.17. The summed E-state index contributed by atoms with van der Waals surface area (Å²) in [6.45, 7) is 2.10. The third-order valence-electron chi connectivity index (χ3n) is 1.93. The molecule has 0 heterocycles. The fraction of sp³-hybridized carbons (Fsp3) is 0.400. The second-order valence-electron chi connectivity index (χ2n) is 2.65. The van der Waals surface area contributed by atoms with Gasteiger partial charge in [-0.2, -0.15) is 0 Å². The molecule has 0 N–H and O–H groups in total. The zero-order valence-corrected chi connectivity index (χ0v) is 9.64. The van der Waals surface area contributed by atoms with Gasteiger partial charge in [-0.25, -0.2) is 0 Å². The molecule has 72 valence electrons. The van der Waals surface area contributed by atoms with Crippen LogP contribution in [0.1, 0.15) is 12.5 Å². The molecule has 0 aliphatic carbocycles.